The standard InChI is InChI=1S/C9H9O3PS.H2O/c10-13(11,14)8-4-3-7-2-1-5-12-9(7)6-8;/h1-4,6H,5H2,(H2,10,11,14);1H2. The molecular weight excluding hydrogens is 235 g/mol. The van der Waals surface area contributed by atoms with Crippen LogP contribution in [0.1, 0.15) is 5.56 Å². The Morgan fingerprint density at radius 2 is 2.07 bits per heavy atom. The number of rotatable bonds is 1. The van der Waals surface area contributed by atoms with Gasteiger partial charge in [-0.05, 0) is 30.0 Å². The Kier molecular flexibility index (Phi) is 3.65. The van der Waals surface area contributed by atoms with Crippen LogP contribution in [0, 0.1) is 0 Å². The maximum absolute atomic E-state index is 9.30. The van der Waals surface area contributed by atoms with Crippen LogP contribution in [0.15, 0.2) is 24.3 Å². The number of benzene rings is 1. The predicted molar refractivity (Wildman–Crippen MR) is 62.9 cm³/mol. The summed E-state index contributed by atoms with van der Waals surface area (Å²) in [6, 6.07) is 4.99. The van der Waals surface area contributed by atoms with Crippen LogP contribution >= 0.6 is 6.49 Å². The molecule has 0 saturated heterocycles. The van der Waals surface area contributed by atoms with Gasteiger partial charge in [-0.3, -0.25) is 0 Å². The third-order valence-electron chi connectivity index (χ3n) is 1.97. The molecule has 1 aliphatic heterocycles. The van der Waals surface area contributed by atoms with Crippen molar-refractivity contribution >= 4 is 29.7 Å². The molecule has 0 radical (unpaired) electrons. The van der Waals surface area contributed by atoms with Gasteiger partial charge in [-0.2, -0.15) is 0 Å². The first kappa shape index (κ1) is 12.4. The van der Waals surface area contributed by atoms with Crippen LogP contribution in [0.3, 0.4) is 0 Å². The maximum atomic E-state index is 9.30. The van der Waals surface area contributed by atoms with E-state index in [0.29, 0.717) is 17.7 Å². The normalized spacial score (nSPS) is 13.7. The lowest BCUT2D eigenvalue weighted by Gasteiger charge is -2.15. The van der Waals surface area contributed by atoms with Crippen molar-refractivity contribution in [2.24, 2.45) is 0 Å². The van der Waals surface area contributed by atoms with E-state index in [1.54, 1.807) is 18.2 Å². The average Bonchev–Trinajstić information content (AvgIpc) is 2.16. The number of fused-ring (bicyclic) bond motifs is 1. The molecule has 82 valence electrons. The Balaban J connectivity index is 0.00000112. The second kappa shape index (κ2) is 4.43. The minimum atomic E-state index is -3.34. The first-order valence-electron chi connectivity index (χ1n) is 4.07. The molecular formula is C9H11O4PS. The van der Waals surface area contributed by atoms with Gasteiger partial charge in [0.1, 0.15) is 12.4 Å². The van der Waals surface area contributed by atoms with Gasteiger partial charge in [-0.1, -0.05) is 12.1 Å². The van der Waals surface area contributed by atoms with E-state index < -0.39 is 6.49 Å². The van der Waals surface area contributed by atoms with E-state index in [1.165, 1.54) is 0 Å². The van der Waals surface area contributed by atoms with E-state index in [0.717, 1.165) is 5.56 Å². The molecule has 0 unspecified atom stereocenters. The van der Waals surface area contributed by atoms with Gasteiger partial charge >= 0.3 is 0 Å². The summed E-state index contributed by atoms with van der Waals surface area (Å²) in [5, 5.41) is 0.363. The molecule has 1 aromatic rings. The average molecular weight is 246 g/mol. The largest absolute Gasteiger partial charge is 0.489 e. The van der Waals surface area contributed by atoms with Crippen molar-refractivity contribution < 1.29 is 20.0 Å². The monoisotopic (exact) mass is 246 g/mol. The highest BCUT2D eigenvalue weighted by atomic mass is 32.5. The summed E-state index contributed by atoms with van der Waals surface area (Å²) in [6.45, 7) is -2.83. The van der Waals surface area contributed by atoms with Crippen LogP contribution in [0.5, 0.6) is 5.75 Å². The Morgan fingerprint density at radius 3 is 2.73 bits per heavy atom. The van der Waals surface area contributed by atoms with E-state index in [-0.39, 0.29) is 5.48 Å². The van der Waals surface area contributed by atoms with Crippen molar-refractivity contribution in [2.45, 2.75) is 0 Å². The maximum Gasteiger partial charge on any atom is 0.214 e. The van der Waals surface area contributed by atoms with E-state index in [2.05, 4.69) is 11.8 Å². The van der Waals surface area contributed by atoms with Gasteiger partial charge in [0, 0.05) is 10.9 Å². The quantitative estimate of drug-likeness (QED) is 0.693. The van der Waals surface area contributed by atoms with Crippen molar-refractivity contribution in [3.05, 3.63) is 29.8 Å². The van der Waals surface area contributed by atoms with Gasteiger partial charge in [0.2, 0.25) is 6.49 Å². The summed E-state index contributed by atoms with van der Waals surface area (Å²) in [4.78, 5) is 18.6. The third-order valence-corrected chi connectivity index (χ3v) is 3.55. The van der Waals surface area contributed by atoms with Crippen molar-refractivity contribution in [3.63, 3.8) is 0 Å². The summed E-state index contributed by atoms with van der Waals surface area (Å²) < 4.78 is 5.32. The van der Waals surface area contributed by atoms with Gasteiger partial charge in [0.05, 0.1) is 0 Å². The second-order valence-electron chi connectivity index (χ2n) is 2.98. The third kappa shape index (κ3) is 2.65. The van der Waals surface area contributed by atoms with Crippen LogP contribution in [0.25, 0.3) is 6.08 Å². The van der Waals surface area contributed by atoms with Crippen LogP contribution in [0.4, 0.5) is 0 Å². The Labute approximate surface area is 92.3 Å². The molecule has 4 nitrogen and oxygen atoms in total. The molecule has 0 aliphatic carbocycles. The minimum Gasteiger partial charge on any atom is -0.489 e. The fourth-order valence-corrected chi connectivity index (χ4v) is 2.17. The molecule has 0 fully saturated rings. The van der Waals surface area contributed by atoms with Crippen molar-refractivity contribution in [3.8, 4) is 5.75 Å². The first-order chi connectivity index (χ1) is 6.57. The van der Waals surface area contributed by atoms with E-state index in [9.17, 15) is 9.79 Å². The van der Waals surface area contributed by atoms with Crippen LogP contribution in [0.2, 0.25) is 0 Å². The highest BCUT2D eigenvalue weighted by Crippen LogP contribution is 2.36. The lowest BCUT2D eigenvalue weighted by atomic mass is 10.1. The first-order valence-corrected chi connectivity index (χ1v) is 6.78. The zero-order valence-electron chi connectivity index (χ0n) is 7.75. The fraction of sp³-hybridized carbons (Fsp3) is 0.111. The topological polar surface area (TPSA) is 81.2 Å². The molecule has 6 heteroatoms. The molecule has 0 spiro atoms. The number of hydrogen-bond donors (Lipinski definition) is 2. The van der Waals surface area contributed by atoms with E-state index in [1.807, 2.05) is 12.2 Å². The van der Waals surface area contributed by atoms with Crippen molar-refractivity contribution in [1.29, 1.82) is 0 Å². The second-order valence-corrected chi connectivity index (χ2v) is 6.11. The van der Waals surface area contributed by atoms with Crippen LogP contribution in [-0.4, -0.2) is 21.9 Å². The molecule has 0 saturated carbocycles. The number of ether oxygens (including phenoxy) is 1. The summed E-state index contributed by atoms with van der Waals surface area (Å²) >= 11 is 4.61. The zero-order valence-corrected chi connectivity index (χ0v) is 9.46. The van der Waals surface area contributed by atoms with Crippen LogP contribution in [-0.2, 0) is 11.8 Å². The van der Waals surface area contributed by atoms with Gasteiger partial charge in [0.15, 0.2) is 0 Å². The molecule has 4 N–H and O–H groups in total. The fourth-order valence-electron chi connectivity index (χ4n) is 1.28. The molecule has 0 atom stereocenters. The summed E-state index contributed by atoms with van der Waals surface area (Å²) in [5.74, 6) is 0.655. The van der Waals surface area contributed by atoms with Gasteiger partial charge in [-0.15, -0.1) is 0 Å². The summed E-state index contributed by atoms with van der Waals surface area (Å²) in [5.41, 5.74) is 0.934. The molecule has 1 aliphatic rings. The van der Waals surface area contributed by atoms with Crippen molar-refractivity contribution in [2.75, 3.05) is 6.61 Å². The SMILES string of the molecule is O.OP(O)(=S)c1ccc2c(c1)OCC=C2. The molecule has 1 aromatic carbocycles. The zero-order chi connectivity index (χ0) is 10.2. The van der Waals surface area contributed by atoms with E-state index in [4.69, 9.17) is 4.74 Å². The summed E-state index contributed by atoms with van der Waals surface area (Å²) in [7, 11) is 0. The van der Waals surface area contributed by atoms with E-state index >= 15 is 0 Å². The Bertz CT molecular complexity index is 438. The lowest BCUT2D eigenvalue weighted by Crippen LogP contribution is -2.07. The van der Waals surface area contributed by atoms with Crippen molar-refractivity contribution in [1.82, 2.24) is 0 Å². The van der Waals surface area contributed by atoms with Gasteiger partial charge < -0.3 is 20.0 Å². The Morgan fingerprint density at radius 1 is 1.33 bits per heavy atom. The summed E-state index contributed by atoms with van der Waals surface area (Å²) in [6.07, 6.45) is 3.83. The number of hydrogen-bond acceptors (Lipinski definition) is 2. The lowest BCUT2D eigenvalue weighted by molar-refractivity contribution is 0.358. The highest BCUT2D eigenvalue weighted by molar-refractivity contribution is 8.12. The van der Waals surface area contributed by atoms with Crippen LogP contribution < -0.4 is 10.0 Å². The smallest absolute Gasteiger partial charge is 0.214 e. The molecule has 0 aromatic heterocycles. The predicted octanol–water partition coefficient (Wildman–Crippen LogP) is 0.187. The molecule has 15 heavy (non-hydrogen) atoms. The molecule has 0 bridgehead atoms. The van der Waals surface area contributed by atoms with Gasteiger partial charge in [-0.25, -0.2) is 0 Å². The molecule has 1 heterocycles. The molecule has 2 rings (SSSR count). The highest BCUT2D eigenvalue weighted by Gasteiger charge is 2.14. The van der Waals surface area contributed by atoms with Gasteiger partial charge in [0.25, 0.3) is 0 Å². The molecule has 0 amide bonds. The minimum absolute atomic E-state index is 0. The Hall–Kier alpha value is -0.710.